The van der Waals surface area contributed by atoms with E-state index in [9.17, 15) is 4.79 Å². The van der Waals surface area contributed by atoms with Crippen LogP contribution in [0.4, 0.5) is 0 Å². The molecular formula is C15H17NO5. The Morgan fingerprint density at radius 3 is 2.86 bits per heavy atom. The normalized spacial score (nSPS) is 26.7. The number of carbonyl (C=O) groups is 1. The molecule has 0 radical (unpaired) electrons. The van der Waals surface area contributed by atoms with Gasteiger partial charge in [-0.3, -0.25) is 9.69 Å². The number of aliphatic carboxylic acids is 1. The minimum atomic E-state index is -0.786. The molecule has 0 aliphatic carbocycles. The molecule has 3 aliphatic rings. The summed E-state index contributed by atoms with van der Waals surface area (Å²) in [7, 11) is 0. The zero-order chi connectivity index (χ0) is 14.4. The van der Waals surface area contributed by atoms with Crippen LogP contribution in [-0.4, -0.2) is 48.0 Å². The van der Waals surface area contributed by atoms with Crippen LogP contribution in [0.1, 0.15) is 18.4 Å². The van der Waals surface area contributed by atoms with Gasteiger partial charge in [-0.2, -0.15) is 0 Å². The van der Waals surface area contributed by atoms with Crippen LogP contribution in [0.2, 0.25) is 0 Å². The van der Waals surface area contributed by atoms with E-state index < -0.39 is 5.97 Å². The highest BCUT2D eigenvalue weighted by molar-refractivity contribution is 5.69. The first kappa shape index (κ1) is 12.8. The Morgan fingerprint density at radius 1 is 1.24 bits per heavy atom. The minimum absolute atomic E-state index is 0.0824. The molecule has 1 atom stereocenters. The van der Waals surface area contributed by atoms with E-state index in [2.05, 4.69) is 0 Å². The Balaban J connectivity index is 1.55. The smallest absolute Gasteiger partial charge is 0.317 e. The molecule has 1 spiro atoms. The summed E-state index contributed by atoms with van der Waals surface area (Å²) in [4.78, 5) is 12.8. The number of carboxylic acid groups (broad SMARTS) is 1. The molecule has 0 amide bonds. The highest BCUT2D eigenvalue weighted by Gasteiger charge is 2.43. The maximum Gasteiger partial charge on any atom is 0.317 e. The van der Waals surface area contributed by atoms with Gasteiger partial charge in [-0.1, -0.05) is 0 Å². The van der Waals surface area contributed by atoms with Crippen molar-refractivity contribution < 1.29 is 24.1 Å². The lowest BCUT2D eigenvalue weighted by Crippen LogP contribution is -2.43. The van der Waals surface area contributed by atoms with Crippen molar-refractivity contribution in [1.82, 2.24) is 4.90 Å². The number of aryl methyl sites for hydroxylation is 1. The third-order valence-electron chi connectivity index (χ3n) is 4.49. The molecule has 1 aromatic carbocycles. The summed E-state index contributed by atoms with van der Waals surface area (Å²) < 4.78 is 17.0. The molecule has 1 aromatic rings. The fourth-order valence-corrected chi connectivity index (χ4v) is 3.44. The Kier molecular flexibility index (Phi) is 2.75. The zero-order valence-electron chi connectivity index (χ0n) is 11.6. The van der Waals surface area contributed by atoms with Crippen molar-refractivity contribution in [2.75, 3.05) is 26.4 Å². The number of ether oxygens (including phenoxy) is 3. The van der Waals surface area contributed by atoms with Crippen LogP contribution < -0.4 is 14.2 Å². The molecule has 0 bridgehead atoms. The number of rotatable bonds is 2. The molecule has 6 nitrogen and oxygen atoms in total. The van der Waals surface area contributed by atoms with E-state index >= 15 is 0 Å². The van der Waals surface area contributed by atoms with Crippen LogP contribution in [0.15, 0.2) is 12.1 Å². The first-order chi connectivity index (χ1) is 10.1. The molecule has 21 heavy (non-hydrogen) atoms. The van der Waals surface area contributed by atoms with Gasteiger partial charge in [0.1, 0.15) is 11.4 Å². The number of carboxylic acids is 1. The molecule has 4 rings (SSSR count). The average Bonchev–Trinajstić information content (AvgIpc) is 3.03. The monoisotopic (exact) mass is 291 g/mol. The number of likely N-dealkylation sites (tertiary alicyclic amines) is 1. The Labute approximate surface area is 122 Å². The highest BCUT2D eigenvalue weighted by atomic mass is 16.7. The van der Waals surface area contributed by atoms with Crippen molar-refractivity contribution >= 4 is 5.97 Å². The van der Waals surface area contributed by atoms with Gasteiger partial charge in [-0.25, -0.2) is 0 Å². The summed E-state index contributed by atoms with van der Waals surface area (Å²) in [6.07, 6.45) is 2.71. The van der Waals surface area contributed by atoms with Crippen molar-refractivity contribution in [3.05, 3.63) is 17.7 Å². The quantitative estimate of drug-likeness (QED) is 0.885. The summed E-state index contributed by atoms with van der Waals surface area (Å²) in [5.74, 6) is 1.58. The number of hydrogen-bond acceptors (Lipinski definition) is 5. The first-order valence-electron chi connectivity index (χ1n) is 7.19. The molecule has 112 valence electrons. The van der Waals surface area contributed by atoms with Crippen LogP contribution in [0, 0.1) is 0 Å². The van der Waals surface area contributed by atoms with Crippen molar-refractivity contribution in [3.8, 4) is 17.2 Å². The Hall–Kier alpha value is -1.95. The standard InChI is InChI=1S/C15H17NO5/c17-14(18)7-16-4-3-15(8-16)2-1-10-5-12-13(20-9-19-12)6-11(10)21-15/h5-6H,1-4,7-9H2,(H,17,18). The second-order valence-corrected chi connectivity index (χ2v) is 5.95. The van der Waals surface area contributed by atoms with Crippen molar-refractivity contribution in [2.45, 2.75) is 24.9 Å². The zero-order valence-corrected chi connectivity index (χ0v) is 11.6. The lowest BCUT2D eigenvalue weighted by atomic mass is 9.90. The third kappa shape index (κ3) is 2.19. The van der Waals surface area contributed by atoms with Crippen LogP contribution in [0.5, 0.6) is 17.2 Å². The van der Waals surface area contributed by atoms with Gasteiger partial charge in [0.2, 0.25) is 6.79 Å². The largest absolute Gasteiger partial charge is 0.485 e. The number of benzene rings is 1. The first-order valence-corrected chi connectivity index (χ1v) is 7.19. The molecule has 1 N–H and O–H groups in total. The van der Waals surface area contributed by atoms with E-state index in [0.717, 1.165) is 48.6 Å². The van der Waals surface area contributed by atoms with E-state index in [-0.39, 0.29) is 18.9 Å². The molecular weight excluding hydrogens is 274 g/mol. The third-order valence-corrected chi connectivity index (χ3v) is 4.49. The van der Waals surface area contributed by atoms with E-state index in [1.807, 2.05) is 17.0 Å². The predicted octanol–water partition coefficient (Wildman–Crippen LogP) is 1.27. The summed E-state index contributed by atoms with van der Waals surface area (Å²) in [5, 5.41) is 8.91. The van der Waals surface area contributed by atoms with Crippen LogP contribution in [0.3, 0.4) is 0 Å². The number of hydrogen-bond donors (Lipinski definition) is 1. The fraction of sp³-hybridized carbons (Fsp3) is 0.533. The molecule has 1 fully saturated rings. The maximum absolute atomic E-state index is 10.8. The topological polar surface area (TPSA) is 68.2 Å². The van der Waals surface area contributed by atoms with Gasteiger partial charge in [-0.05, 0) is 24.5 Å². The van der Waals surface area contributed by atoms with Gasteiger partial charge in [0, 0.05) is 25.6 Å². The molecule has 1 saturated heterocycles. The SMILES string of the molecule is O=C(O)CN1CCC2(CCc3cc4c(cc3O2)OCO4)C1. The molecule has 3 aliphatic heterocycles. The van der Waals surface area contributed by atoms with Crippen LogP contribution >= 0.6 is 0 Å². The summed E-state index contributed by atoms with van der Waals surface area (Å²) in [6, 6.07) is 3.90. The van der Waals surface area contributed by atoms with Crippen LogP contribution in [-0.2, 0) is 11.2 Å². The predicted molar refractivity (Wildman–Crippen MR) is 72.9 cm³/mol. The van der Waals surface area contributed by atoms with Crippen molar-refractivity contribution in [3.63, 3.8) is 0 Å². The van der Waals surface area contributed by atoms with E-state index in [1.165, 1.54) is 0 Å². The minimum Gasteiger partial charge on any atom is -0.485 e. The maximum atomic E-state index is 10.8. The molecule has 3 heterocycles. The summed E-state index contributed by atoms with van der Waals surface area (Å²) >= 11 is 0. The molecule has 0 saturated carbocycles. The summed E-state index contributed by atoms with van der Waals surface area (Å²) in [6.45, 7) is 1.79. The Morgan fingerprint density at radius 2 is 2.05 bits per heavy atom. The van der Waals surface area contributed by atoms with E-state index in [1.54, 1.807) is 0 Å². The van der Waals surface area contributed by atoms with Gasteiger partial charge < -0.3 is 19.3 Å². The number of fused-ring (bicyclic) bond motifs is 2. The van der Waals surface area contributed by atoms with Crippen molar-refractivity contribution in [2.24, 2.45) is 0 Å². The number of nitrogens with zero attached hydrogens (tertiary/aromatic N) is 1. The van der Waals surface area contributed by atoms with Gasteiger partial charge in [0.05, 0.1) is 6.54 Å². The lowest BCUT2D eigenvalue weighted by Gasteiger charge is -2.35. The van der Waals surface area contributed by atoms with E-state index in [4.69, 9.17) is 19.3 Å². The van der Waals surface area contributed by atoms with E-state index in [0.29, 0.717) is 6.54 Å². The second-order valence-electron chi connectivity index (χ2n) is 5.95. The lowest BCUT2D eigenvalue weighted by molar-refractivity contribution is -0.138. The van der Waals surface area contributed by atoms with Crippen LogP contribution in [0.25, 0.3) is 0 Å². The second kappa shape index (κ2) is 4.53. The fourth-order valence-electron chi connectivity index (χ4n) is 3.44. The van der Waals surface area contributed by atoms with Crippen molar-refractivity contribution in [1.29, 1.82) is 0 Å². The van der Waals surface area contributed by atoms with Gasteiger partial charge >= 0.3 is 5.97 Å². The van der Waals surface area contributed by atoms with Gasteiger partial charge in [0.25, 0.3) is 0 Å². The summed E-state index contributed by atoms with van der Waals surface area (Å²) in [5.41, 5.74) is 0.887. The molecule has 1 unspecified atom stereocenters. The average molecular weight is 291 g/mol. The van der Waals surface area contributed by atoms with Gasteiger partial charge in [-0.15, -0.1) is 0 Å². The molecule has 6 heteroatoms. The Bertz CT molecular complexity index is 602. The highest BCUT2D eigenvalue weighted by Crippen LogP contribution is 2.44. The molecule has 0 aromatic heterocycles. The van der Waals surface area contributed by atoms with Gasteiger partial charge in [0.15, 0.2) is 11.5 Å².